The van der Waals surface area contributed by atoms with Crippen LogP contribution in [0.1, 0.15) is 29.3 Å². The van der Waals surface area contributed by atoms with Crippen LogP contribution in [0.15, 0.2) is 78.9 Å². The predicted molar refractivity (Wildman–Crippen MR) is 121 cm³/mol. The lowest BCUT2D eigenvalue weighted by Crippen LogP contribution is -2.04. The summed E-state index contributed by atoms with van der Waals surface area (Å²) in [4.78, 5) is 11.6. The highest BCUT2D eigenvalue weighted by Gasteiger charge is 2.17. The monoisotopic (exact) mass is 430 g/mol. The van der Waals surface area contributed by atoms with E-state index in [9.17, 15) is 14.3 Å². The zero-order valence-corrected chi connectivity index (χ0v) is 17.7. The average Bonchev–Trinajstić information content (AvgIpc) is 3.22. The zero-order valence-electron chi connectivity index (χ0n) is 17.7. The first-order valence-corrected chi connectivity index (χ1v) is 10.4. The summed E-state index contributed by atoms with van der Waals surface area (Å²) in [6, 6.07) is 22.8. The Labute approximate surface area is 185 Å². The molecule has 1 N–H and O–H groups in total. The van der Waals surface area contributed by atoms with Gasteiger partial charge in [-0.3, -0.25) is 4.68 Å². The van der Waals surface area contributed by atoms with Crippen LogP contribution in [0.4, 0.5) is 4.39 Å². The van der Waals surface area contributed by atoms with Gasteiger partial charge in [-0.25, -0.2) is 9.18 Å². The molecule has 0 saturated carbocycles. The lowest BCUT2D eigenvalue weighted by atomic mass is 10.1. The van der Waals surface area contributed by atoms with Crippen LogP contribution in [-0.4, -0.2) is 27.5 Å². The Kier molecular flexibility index (Phi) is 6.31. The van der Waals surface area contributed by atoms with Crippen LogP contribution in [0.25, 0.3) is 22.5 Å². The summed E-state index contributed by atoms with van der Waals surface area (Å²) in [6.07, 6.45) is 0.823. The van der Waals surface area contributed by atoms with E-state index in [1.165, 1.54) is 18.2 Å². The van der Waals surface area contributed by atoms with Gasteiger partial charge in [0.25, 0.3) is 0 Å². The maximum absolute atomic E-state index is 13.5. The normalized spacial score (nSPS) is 10.8. The number of aromatic nitrogens is 2. The number of benzene rings is 3. The third-order valence-corrected chi connectivity index (χ3v) is 5.06. The number of carboxylic acid groups (broad SMARTS) is 1. The van der Waals surface area contributed by atoms with E-state index in [1.807, 2.05) is 48.0 Å². The van der Waals surface area contributed by atoms with Crippen LogP contribution < -0.4 is 4.74 Å². The van der Waals surface area contributed by atoms with Crippen LogP contribution in [0.5, 0.6) is 5.75 Å². The molecule has 0 aliphatic rings. The van der Waals surface area contributed by atoms with Gasteiger partial charge in [0.05, 0.1) is 30.1 Å². The summed E-state index contributed by atoms with van der Waals surface area (Å²) < 4.78 is 21.2. The summed E-state index contributed by atoms with van der Waals surface area (Å²) in [5.74, 6) is -0.754. The number of rotatable bonds is 8. The molecule has 0 bridgehead atoms. The summed E-state index contributed by atoms with van der Waals surface area (Å²) in [5.41, 5.74) is 4.03. The third kappa shape index (κ3) is 4.70. The van der Waals surface area contributed by atoms with E-state index in [2.05, 4.69) is 0 Å². The Bertz CT molecular complexity index is 1220. The van der Waals surface area contributed by atoms with Gasteiger partial charge < -0.3 is 9.84 Å². The van der Waals surface area contributed by atoms with Crippen molar-refractivity contribution in [3.63, 3.8) is 0 Å². The van der Waals surface area contributed by atoms with Crippen molar-refractivity contribution in [2.24, 2.45) is 0 Å². The van der Waals surface area contributed by atoms with Gasteiger partial charge in [0.2, 0.25) is 0 Å². The minimum Gasteiger partial charge on any atom is -0.493 e. The highest BCUT2D eigenvalue weighted by Crippen LogP contribution is 2.34. The van der Waals surface area contributed by atoms with Gasteiger partial charge in [-0.05, 0) is 60.5 Å². The number of ether oxygens (including phenoxy) is 1. The molecular formula is C26H23FN2O3. The minimum atomic E-state index is -1.02. The zero-order chi connectivity index (χ0) is 22.5. The van der Waals surface area contributed by atoms with Crippen molar-refractivity contribution in [3.05, 3.63) is 95.8 Å². The van der Waals surface area contributed by atoms with E-state index >= 15 is 0 Å². The van der Waals surface area contributed by atoms with Crippen LogP contribution in [0, 0.1) is 5.82 Å². The van der Waals surface area contributed by atoms with Gasteiger partial charge in [-0.1, -0.05) is 37.3 Å². The molecule has 32 heavy (non-hydrogen) atoms. The van der Waals surface area contributed by atoms with Crippen LogP contribution >= 0.6 is 0 Å². The first-order valence-electron chi connectivity index (χ1n) is 10.4. The third-order valence-electron chi connectivity index (χ3n) is 5.06. The molecule has 1 heterocycles. The van der Waals surface area contributed by atoms with Gasteiger partial charge in [-0.15, -0.1) is 0 Å². The van der Waals surface area contributed by atoms with Gasteiger partial charge >= 0.3 is 5.97 Å². The predicted octanol–water partition coefficient (Wildman–Crippen LogP) is 5.89. The number of aromatic carboxylic acids is 1. The lowest BCUT2D eigenvalue weighted by Gasteiger charge is -2.10. The van der Waals surface area contributed by atoms with Gasteiger partial charge in [-0.2, -0.15) is 5.10 Å². The highest BCUT2D eigenvalue weighted by atomic mass is 19.1. The van der Waals surface area contributed by atoms with E-state index in [0.717, 1.165) is 23.2 Å². The van der Waals surface area contributed by atoms with Crippen LogP contribution in [0.3, 0.4) is 0 Å². The molecule has 0 radical (unpaired) electrons. The fraction of sp³-hybridized carbons (Fsp3) is 0.154. The molecule has 5 nitrogen and oxygen atoms in total. The summed E-state index contributed by atoms with van der Waals surface area (Å²) in [7, 11) is 0. The molecule has 6 heteroatoms. The van der Waals surface area contributed by atoms with E-state index in [0.29, 0.717) is 30.2 Å². The van der Waals surface area contributed by atoms with Gasteiger partial charge in [0.15, 0.2) is 0 Å². The summed E-state index contributed by atoms with van der Waals surface area (Å²) in [5, 5.41) is 14.3. The average molecular weight is 430 g/mol. The number of hydrogen-bond donors (Lipinski definition) is 1. The first kappa shape index (κ1) is 21.3. The van der Waals surface area contributed by atoms with Crippen LogP contribution in [-0.2, 0) is 6.54 Å². The first-order chi connectivity index (χ1) is 15.5. The number of carboxylic acids is 1. The fourth-order valence-corrected chi connectivity index (χ4v) is 3.48. The SMILES string of the molecule is CCCOc1ccc(C(=O)O)cc1-c1cc(-c2ccc(F)cc2)n(Cc2ccccc2)n1. The highest BCUT2D eigenvalue weighted by molar-refractivity contribution is 5.90. The number of halogens is 1. The molecule has 0 fully saturated rings. The van der Waals surface area contributed by atoms with Crippen molar-refractivity contribution >= 4 is 5.97 Å². The molecule has 0 atom stereocenters. The molecule has 0 unspecified atom stereocenters. The molecule has 0 aliphatic carbocycles. The molecule has 0 spiro atoms. The second-order valence-corrected chi connectivity index (χ2v) is 7.43. The quantitative estimate of drug-likeness (QED) is 0.378. The second kappa shape index (κ2) is 9.47. The summed E-state index contributed by atoms with van der Waals surface area (Å²) >= 11 is 0. The number of carbonyl (C=O) groups is 1. The summed E-state index contributed by atoms with van der Waals surface area (Å²) in [6.45, 7) is 3.03. The van der Waals surface area contributed by atoms with E-state index in [1.54, 1.807) is 24.3 Å². The van der Waals surface area contributed by atoms with Crippen molar-refractivity contribution in [2.45, 2.75) is 19.9 Å². The van der Waals surface area contributed by atoms with Crippen molar-refractivity contribution in [1.82, 2.24) is 9.78 Å². The minimum absolute atomic E-state index is 0.157. The Balaban J connectivity index is 1.84. The van der Waals surface area contributed by atoms with E-state index < -0.39 is 5.97 Å². The molecule has 162 valence electrons. The van der Waals surface area contributed by atoms with Crippen molar-refractivity contribution < 1.29 is 19.0 Å². The Morgan fingerprint density at radius 3 is 2.47 bits per heavy atom. The number of nitrogens with zero attached hydrogens (tertiary/aromatic N) is 2. The molecule has 4 aromatic rings. The molecule has 0 amide bonds. The van der Waals surface area contributed by atoms with Crippen molar-refractivity contribution in [2.75, 3.05) is 6.61 Å². The number of hydrogen-bond acceptors (Lipinski definition) is 3. The molecule has 0 saturated heterocycles. The molecule has 1 aromatic heterocycles. The smallest absolute Gasteiger partial charge is 0.335 e. The largest absolute Gasteiger partial charge is 0.493 e. The molecule has 0 aliphatic heterocycles. The maximum atomic E-state index is 13.5. The van der Waals surface area contributed by atoms with E-state index in [4.69, 9.17) is 9.84 Å². The van der Waals surface area contributed by atoms with Crippen molar-refractivity contribution in [1.29, 1.82) is 0 Å². The Morgan fingerprint density at radius 2 is 1.78 bits per heavy atom. The maximum Gasteiger partial charge on any atom is 0.335 e. The van der Waals surface area contributed by atoms with Crippen LogP contribution in [0.2, 0.25) is 0 Å². The Morgan fingerprint density at radius 1 is 1.03 bits per heavy atom. The standard InChI is InChI=1S/C26H23FN2O3/c1-2-14-32-25-13-10-20(26(30)31)15-22(25)23-16-24(19-8-11-21(27)12-9-19)29(28-23)17-18-6-4-3-5-7-18/h3-13,15-16H,2,14,17H2,1H3,(H,30,31). The van der Waals surface area contributed by atoms with Gasteiger partial charge in [0, 0.05) is 11.1 Å². The second-order valence-electron chi connectivity index (χ2n) is 7.43. The fourth-order valence-electron chi connectivity index (χ4n) is 3.48. The lowest BCUT2D eigenvalue weighted by molar-refractivity contribution is 0.0697. The van der Waals surface area contributed by atoms with Gasteiger partial charge in [0.1, 0.15) is 11.6 Å². The van der Waals surface area contributed by atoms with Crippen molar-refractivity contribution in [3.8, 4) is 28.3 Å². The molecule has 4 rings (SSSR count). The topological polar surface area (TPSA) is 64.3 Å². The molecule has 3 aromatic carbocycles. The van der Waals surface area contributed by atoms with E-state index in [-0.39, 0.29) is 11.4 Å². The Hall–Kier alpha value is -3.93. The molecular weight excluding hydrogens is 407 g/mol.